The predicted octanol–water partition coefficient (Wildman–Crippen LogP) is 5.16. The molecular weight excluding hydrogens is 392 g/mol. The minimum Gasteiger partial charge on any atom is -0.462 e. The number of H-pyrrole nitrogens is 1. The van der Waals surface area contributed by atoms with Crippen LogP contribution in [0.1, 0.15) is 80.2 Å². The van der Waals surface area contributed by atoms with Gasteiger partial charge in [-0.15, -0.1) is 0 Å². The molecular formula is C24H32N4O3. The van der Waals surface area contributed by atoms with E-state index in [-0.39, 0.29) is 5.91 Å². The lowest BCUT2D eigenvalue weighted by atomic mass is 10.1. The molecule has 3 N–H and O–H groups in total. The third-order valence-electron chi connectivity index (χ3n) is 5.34. The number of unbranched alkanes of at least 4 members (excludes halogenated alkanes) is 3. The highest BCUT2D eigenvalue weighted by atomic mass is 16.5. The van der Waals surface area contributed by atoms with Gasteiger partial charge in [0.05, 0.1) is 35.3 Å². The van der Waals surface area contributed by atoms with Gasteiger partial charge in [-0.2, -0.15) is 0 Å². The molecule has 0 bridgehead atoms. The second kappa shape index (κ2) is 10.3. The molecule has 0 spiro atoms. The van der Waals surface area contributed by atoms with Gasteiger partial charge in [0.2, 0.25) is 0 Å². The monoisotopic (exact) mass is 424 g/mol. The lowest BCUT2D eigenvalue weighted by molar-refractivity contribution is -0.110. The second-order valence-electron chi connectivity index (χ2n) is 8.02. The van der Waals surface area contributed by atoms with Crippen LogP contribution in [0.5, 0.6) is 0 Å². The number of nitrogens with zero attached hydrogens (tertiary/aromatic N) is 1. The van der Waals surface area contributed by atoms with Gasteiger partial charge in [-0.3, -0.25) is 4.79 Å². The number of esters is 1. The molecule has 0 fully saturated rings. The molecule has 7 nitrogen and oxygen atoms in total. The van der Waals surface area contributed by atoms with Crippen molar-refractivity contribution in [3.63, 3.8) is 0 Å². The van der Waals surface area contributed by atoms with Crippen LogP contribution < -0.4 is 10.6 Å². The smallest absolute Gasteiger partial charge is 0.340 e. The van der Waals surface area contributed by atoms with E-state index in [1.165, 1.54) is 25.7 Å². The highest BCUT2D eigenvalue weighted by Crippen LogP contribution is 2.34. The maximum atomic E-state index is 12.6. The van der Waals surface area contributed by atoms with Crippen molar-refractivity contribution in [3.05, 3.63) is 40.8 Å². The Hall–Kier alpha value is -3.09. The topological polar surface area (TPSA) is 96.1 Å². The van der Waals surface area contributed by atoms with Crippen LogP contribution >= 0.6 is 0 Å². The minimum atomic E-state index is -0.411. The zero-order valence-electron chi connectivity index (χ0n) is 18.8. The molecule has 1 aliphatic heterocycles. The summed E-state index contributed by atoms with van der Waals surface area (Å²) in [6.07, 6.45) is 9.36. The van der Waals surface area contributed by atoms with Crippen LogP contribution in [0, 0.1) is 6.92 Å². The highest BCUT2D eigenvalue weighted by molar-refractivity contribution is 6.35. The Kier molecular flexibility index (Phi) is 7.50. The quantitative estimate of drug-likeness (QED) is 0.278. The second-order valence-corrected chi connectivity index (χ2v) is 8.02. The van der Waals surface area contributed by atoms with E-state index in [2.05, 4.69) is 34.4 Å². The largest absolute Gasteiger partial charge is 0.462 e. The molecule has 0 unspecified atom stereocenters. The van der Waals surface area contributed by atoms with Crippen LogP contribution in [0.3, 0.4) is 0 Å². The number of rotatable bonds is 10. The van der Waals surface area contributed by atoms with Gasteiger partial charge in [-0.1, -0.05) is 32.6 Å². The van der Waals surface area contributed by atoms with Gasteiger partial charge in [-0.05, 0) is 45.4 Å². The summed E-state index contributed by atoms with van der Waals surface area (Å²) in [7, 11) is 0. The molecule has 3 heterocycles. The number of ether oxygens (including phenoxy) is 1. The van der Waals surface area contributed by atoms with Gasteiger partial charge in [-0.25, -0.2) is 9.78 Å². The van der Waals surface area contributed by atoms with Crippen molar-refractivity contribution in [2.45, 2.75) is 65.8 Å². The van der Waals surface area contributed by atoms with Crippen molar-refractivity contribution in [2.24, 2.45) is 0 Å². The first-order valence-electron chi connectivity index (χ1n) is 11.1. The van der Waals surface area contributed by atoms with E-state index in [0.717, 1.165) is 23.5 Å². The Morgan fingerprint density at radius 2 is 2.06 bits per heavy atom. The first-order chi connectivity index (χ1) is 14.9. The molecule has 2 aromatic rings. The van der Waals surface area contributed by atoms with Crippen molar-refractivity contribution < 1.29 is 14.3 Å². The zero-order chi connectivity index (χ0) is 22.4. The summed E-state index contributed by atoms with van der Waals surface area (Å²) < 4.78 is 5.14. The van der Waals surface area contributed by atoms with Gasteiger partial charge < -0.3 is 20.4 Å². The Bertz CT molecular complexity index is 977. The third-order valence-corrected chi connectivity index (χ3v) is 5.34. The van der Waals surface area contributed by atoms with E-state index in [9.17, 15) is 9.59 Å². The van der Waals surface area contributed by atoms with Crippen LogP contribution in [0.2, 0.25) is 0 Å². The van der Waals surface area contributed by atoms with Crippen molar-refractivity contribution in [3.8, 4) is 0 Å². The molecule has 2 aromatic heterocycles. The van der Waals surface area contributed by atoms with Crippen LogP contribution in [0.15, 0.2) is 18.3 Å². The van der Waals surface area contributed by atoms with Gasteiger partial charge in [0, 0.05) is 17.3 Å². The Labute approximate surface area is 183 Å². The number of aromatic nitrogens is 2. The standard InChI is InChI=1S/C24H32N4O3/c1-5-7-8-9-10-15(3)27-22-13-17-18(23(29)28-21(17)14-25-22)12-20-19(11-16(4)26-20)24(30)31-6-2/h11-15,26H,5-10H2,1-4H3,(H,25,27)(H,28,29)/b18-12-/t15-/m0/s1. The molecule has 0 radical (unpaired) electrons. The fourth-order valence-corrected chi connectivity index (χ4v) is 3.76. The third kappa shape index (κ3) is 5.54. The van der Waals surface area contributed by atoms with E-state index < -0.39 is 5.97 Å². The van der Waals surface area contributed by atoms with E-state index >= 15 is 0 Å². The number of carbonyl (C=O) groups excluding carboxylic acids is 2. The highest BCUT2D eigenvalue weighted by Gasteiger charge is 2.26. The lowest BCUT2D eigenvalue weighted by Gasteiger charge is -2.15. The number of carbonyl (C=O) groups is 2. The van der Waals surface area contributed by atoms with Gasteiger partial charge in [0.25, 0.3) is 5.91 Å². The molecule has 7 heteroatoms. The predicted molar refractivity (Wildman–Crippen MR) is 124 cm³/mol. The van der Waals surface area contributed by atoms with Gasteiger partial charge >= 0.3 is 5.97 Å². The number of hydrogen-bond donors (Lipinski definition) is 3. The number of fused-ring (bicyclic) bond motifs is 1. The van der Waals surface area contributed by atoms with Gasteiger partial charge in [0.1, 0.15) is 5.82 Å². The molecule has 3 rings (SSSR count). The molecule has 1 amide bonds. The minimum absolute atomic E-state index is 0.219. The summed E-state index contributed by atoms with van der Waals surface area (Å²) >= 11 is 0. The molecule has 0 aliphatic carbocycles. The molecule has 31 heavy (non-hydrogen) atoms. The summed E-state index contributed by atoms with van der Waals surface area (Å²) in [5.74, 6) is 0.104. The van der Waals surface area contributed by atoms with Crippen molar-refractivity contribution >= 4 is 35.0 Å². The fraction of sp³-hybridized carbons (Fsp3) is 0.458. The Morgan fingerprint density at radius 1 is 1.26 bits per heavy atom. The van der Waals surface area contributed by atoms with Crippen molar-refractivity contribution in [2.75, 3.05) is 17.2 Å². The number of nitrogens with one attached hydrogen (secondary N) is 3. The molecule has 166 valence electrons. The van der Waals surface area contributed by atoms with Crippen molar-refractivity contribution in [1.82, 2.24) is 9.97 Å². The number of pyridine rings is 1. The maximum absolute atomic E-state index is 12.6. The number of anilines is 2. The van der Waals surface area contributed by atoms with Crippen LogP contribution in [0.4, 0.5) is 11.5 Å². The normalized spacial score (nSPS) is 15.0. The molecule has 0 aromatic carbocycles. The van der Waals surface area contributed by atoms with E-state index in [0.29, 0.717) is 35.2 Å². The first kappa shape index (κ1) is 22.6. The molecule has 0 saturated heterocycles. The van der Waals surface area contributed by atoms with E-state index in [1.54, 1.807) is 25.3 Å². The van der Waals surface area contributed by atoms with Crippen LogP contribution in [-0.2, 0) is 9.53 Å². The number of hydrogen-bond acceptors (Lipinski definition) is 5. The average molecular weight is 425 g/mol. The summed E-state index contributed by atoms with van der Waals surface area (Å²) in [6, 6.07) is 3.92. The Morgan fingerprint density at radius 3 is 2.81 bits per heavy atom. The molecule has 1 aliphatic rings. The summed E-state index contributed by atoms with van der Waals surface area (Å²) in [5.41, 5.74) is 3.72. The summed E-state index contributed by atoms with van der Waals surface area (Å²) in [5, 5.41) is 6.29. The van der Waals surface area contributed by atoms with Crippen LogP contribution in [0.25, 0.3) is 11.6 Å². The first-order valence-corrected chi connectivity index (χ1v) is 11.1. The fourth-order valence-electron chi connectivity index (χ4n) is 3.76. The summed E-state index contributed by atoms with van der Waals surface area (Å²) in [4.78, 5) is 32.5. The van der Waals surface area contributed by atoms with Gasteiger partial charge in [0.15, 0.2) is 0 Å². The number of aryl methyl sites for hydroxylation is 1. The number of aromatic amines is 1. The Balaban J connectivity index is 1.82. The SMILES string of the molecule is CCCCCC[C@H](C)Nc1cc2c(cn1)NC(=O)/C2=C\c1[nH]c(C)cc1C(=O)OCC. The van der Waals surface area contributed by atoms with Crippen LogP contribution in [-0.4, -0.2) is 34.5 Å². The van der Waals surface area contributed by atoms with E-state index in [1.807, 2.05) is 13.0 Å². The van der Waals surface area contributed by atoms with Crippen molar-refractivity contribution in [1.29, 1.82) is 0 Å². The average Bonchev–Trinajstić information content (AvgIpc) is 3.25. The molecule has 1 atom stereocenters. The zero-order valence-corrected chi connectivity index (χ0v) is 18.8. The molecule has 0 saturated carbocycles. The number of amides is 1. The lowest BCUT2D eigenvalue weighted by Crippen LogP contribution is -2.15. The van der Waals surface area contributed by atoms with E-state index in [4.69, 9.17) is 4.74 Å². The maximum Gasteiger partial charge on any atom is 0.340 e. The summed E-state index contributed by atoms with van der Waals surface area (Å²) in [6.45, 7) is 8.28.